The lowest BCUT2D eigenvalue weighted by Gasteiger charge is -2.28. The lowest BCUT2D eigenvalue weighted by Crippen LogP contribution is -2.28. The van der Waals surface area contributed by atoms with E-state index in [0.29, 0.717) is 10.6 Å². The third-order valence-electron chi connectivity index (χ3n) is 5.87. The molecule has 3 heterocycles. The second kappa shape index (κ2) is 9.00. The highest BCUT2D eigenvalue weighted by atomic mass is 35.5. The van der Waals surface area contributed by atoms with Gasteiger partial charge in [-0.15, -0.1) is 11.3 Å². The third kappa shape index (κ3) is 4.62. The summed E-state index contributed by atoms with van der Waals surface area (Å²) in [6.07, 6.45) is 0.667. The first-order chi connectivity index (χ1) is 17.0. The van der Waals surface area contributed by atoms with E-state index in [-0.39, 0.29) is 0 Å². The zero-order chi connectivity index (χ0) is 25.8. The fourth-order valence-corrected chi connectivity index (χ4v) is 5.66. The number of benzene rings is 2. The van der Waals surface area contributed by atoms with Gasteiger partial charge in [-0.05, 0) is 76.1 Å². The first kappa shape index (κ1) is 24.4. The summed E-state index contributed by atoms with van der Waals surface area (Å²) in [6.45, 7) is 9.48. The number of hydrogen-bond donors (Lipinski definition) is 2. The Morgan fingerprint density at radius 3 is 2.50 bits per heavy atom. The molecule has 2 aromatic carbocycles. The van der Waals surface area contributed by atoms with E-state index < -0.39 is 17.7 Å². The van der Waals surface area contributed by atoms with Crippen LogP contribution in [0, 0.1) is 13.8 Å². The van der Waals surface area contributed by atoms with Crippen molar-refractivity contribution in [2.45, 2.75) is 46.3 Å². The van der Waals surface area contributed by atoms with Gasteiger partial charge in [-0.1, -0.05) is 23.7 Å². The molecule has 0 aliphatic carbocycles. The number of aliphatic carboxylic acids is 1. The SMILES string of the molecule is Cc1cc2cc(-c3nc4cc(C)c(C(OC(C)(C)C)C(=O)O)c(-c5ccc(Cl)cc5)c4s3)cnc2[nH]1. The van der Waals surface area contributed by atoms with Crippen molar-refractivity contribution in [1.29, 1.82) is 0 Å². The van der Waals surface area contributed by atoms with E-state index >= 15 is 0 Å². The fraction of sp³-hybridized carbons (Fsp3) is 0.250. The van der Waals surface area contributed by atoms with Crippen molar-refractivity contribution in [3.05, 3.63) is 70.5 Å². The molecule has 0 saturated heterocycles. The van der Waals surface area contributed by atoms with Crippen molar-refractivity contribution in [1.82, 2.24) is 15.0 Å². The molecule has 1 unspecified atom stereocenters. The molecule has 6 nitrogen and oxygen atoms in total. The Morgan fingerprint density at radius 1 is 1.11 bits per heavy atom. The number of fused-ring (bicyclic) bond motifs is 2. The Hall–Kier alpha value is -3.26. The predicted octanol–water partition coefficient (Wildman–Crippen LogP) is 7.72. The van der Waals surface area contributed by atoms with Gasteiger partial charge in [0.25, 0.3) is 0 Å². The number of H-pyrrole nitrogens is 1. The first-order valence-electron chi connectivity index (χ1n) is 11.6. The van der Waals surface area contributed by atoms with Gasteiger partial charge in [0.1, 0.15) is 10.7 Å². The topological polar surface area (TPSA) is 88.1 Å². The second-order valence-corrected chi connectivity index (χ2v) is 11.4. The van der Waals surface area contributed by atoms with Crippen LogP contribution < -0.4 is 0 Å². The van der Waals surface area contributed by atoms with Crippen LogP contribution in [0.1, 0.15) is 43.7 Å². The number of pyridine rings is 1. The number of hydrogen-bond acceptors (Lipinski definition) is 5. The van der Waals surface area contributed by atoms with Crippen molar-refractivity contribution in [2.24, 2.45) is 0 Å². The minimum Gasteiger partial charge on any atom is -0.479 e. The van der Waals surface area contributed by atoms with Gasteiger partial charge in [-0.3, -0.25) is 0 Å². The molecule has 0 spiro atoms. The lowest BCUT2D eigenvalue weighted by molar-refractivity contribution is -0.160. The molecule has 0 radical (unpaired) electrons. The molecule has 0 fully saturated rings. The maximum Gasteiger partial charge on any atom is 0.337 e. The molecule has 5 aromatic rings. The number of thiazole rings is 1. The number of carbonyl (C=O) groups is 1. The molecule has 5 rings (SSSR count). The van der Waals surface area contributed by atoms with Crippen LogP contribution in [-0.2, 0) is 9.53 Å². The van der Waals surface area contributed by atoms with Crippen LogP contribution in [0.5, 0.6) is 0 Å². The molecule has 36 heavy (non-hydrogen) atoms. The van der Waals surface area contributed by atoms with Crippen molar-refractivity contribution in [3.8, 4) is 21.7 Å². The molecule has 184 valence electrons. The minimum absolute atomic E-state index is 0.607. The summed E-state index contributed by atoms with van der Waals surface area (Å²) in [5, 5.41) is 12.7. The molecule has 1 atom stereocenters. The quantitative estimate of drug-likeness (QED) is 0.248. The molecule has 2 N–H and O–H groups in total. The number of carboxylic acids is 1. The third-order valence-corrected chi connectivity index (χ3v) is 7.26. The Kier molecular flexibility index (Phi) is 6.11. The zero-order valence-corrected chi connectivity index (χ0v) is 22.2. The Labute approximate surface area is 217 Å². The van der Waals surface area contributed by atoms with Crippen molar-refractivity contribution >= 4 is 50.2 Å². The zero-order valence-electron chi connectivity index (χ0n) is 20.6. The lowest BCUT2D eigenvalue weighted by atomic mass is 9.91. The van der Waals surface area contributed by atoms with E-state index in [1.54, 1.807) is 0 Å². The van der Waals surface area contributed by atoms with Gasteiger partial charge in [0.05, 0.1) is 15.8 Å². The standard InChI is InChI=1S/C28H26ClN3O3S/c1-14-10-20-24(36-26(32-20)18-12-17-11-15(2)31-25(17)30-13-18)22(16-6-8-19(29)9-7-16)21(14)23(27(33)34)35-28(3,4)5/h6-13,23H,1-5H3,(H,30,31)(H,33,34). The van der Waals surface area contributed by atoms with Crippen molar-refractivity contribution < 1.29 is 14.6 Å². The van der Waals surface area contributed by atoms with E-state index in [9.17, 15) is 9.90 Å². The Bertz CT molecular complexity index is 1610. The molecule has 3 aromatic heterocycles. The molecule has 0 aliphatic heterocycles. The van der Waals surface area contributed by atoms with Gasteiger partial charge in [-0.2, -0.15) is 0 Å². The number of carboxylic acid groups (broad SMARTS) is 1. The smallest absolute Gasteiger partial charge is 0.337 e. The fourth-order valence-electron chi connectivity index (χ4n) is 4.43. The van der Waals surface area contributed by atoms with E-state index in [4.69, 9.17) is 21.3 Å². The van der Waals surface area contributed by atoms with Gasteiger partial charge in [-0.25, -0.2) is 14.8 Å². The molecule has 8 heteroatoms. The van der Waals surface area contributed by atoms with Crippen LogP contribution in [0.4, 0.5) is 0 Å². The van der Waals surface area contributed by atoms with Gasteiger partial charge < -0.3 is 14.8 Å². The Morgan fingerprint density at radius 2 is 1.83 bits per heavy atom. The molecule has 0 saturated carbocycles. The van der Waals surface area contributed by atoms with Crippen LogP contribution >= 0.6 is 22.9 Å². The van der Waals surface area contributed by atoms with Gasteiger partial charge in [0, 0.05) is 39.0 Å². The molecular formula is C28H26ClN3O3S. The molecular weight excluding hydrogens is 494 g/mol. The average molecular weight is 520 g/mol. The summed E-state index contributed by atoms with van der Waals surface area (Å²) in [4.78, 5) is 25.2. The van der Waals surface area contributed by atoms with Crippen LogP contribution in [0.15, 0.2) is 48.7 Å². The maximum atomic E-state index is 12.5. The van der Waals surface area contributed by atoms with Gasteiger partial charge in [0.2, 0.25) is 0 Å². The normalized spacial score (nSPS) is 12.9. The van der Waals surface area contributed by atoms with E-state index in [1.807, 2.05) is 71.1 Å². The van der Waals surface area contributed by atoms with E-state index in [1.165, 1.54) is 11.3 Å². The summed E-state index contributed by atoms with van der Waals surface area (Å²) in [5.41, 5.74) is 6.01. The monoisotopic (exact) mass is 519 g/mol. The Balaban J connectivity index is 1.78. The maximum absolute atomic E-state index is 12.5. The highest BCUT2D eigenvalue weighted by molar-refractivity contribution is 7.22. The van der Waals surface area contributed by atoms with Gasteiger partial charge >= 0.3 is 5.97 Å². The minimum atomic E-state index is -1.15. The number of aromatic nitrogens is 3. The average Bonchev–Trinajstić information content (AvgIpc) is 3.38. The number of nitrogens with one attached hydrogen (secondary N) is 1. The van der Waals surface area contributed by atoms with Gasteiger partial charge in [0.15, 0.2) is 6.10 Å². The van der Waals surface area contributed by atoms with Crippen LogP contribution in [0.2, 0.25) is 5.02 Å². The number of aromatic amines is 1. The summed E-state index contributed by atoms with van der Waals surface area (Å²) >= 11 is 7.70. The number of ether oxygens (including phenoxy) is 1. The number of aryl methyl sites for hydroxylation is 2. The largest absolute Gasteiger partial charge is 0.479 e. The molecule has 0 amide bonds. The molecule has 0 aliphatic rings. The first-order valence-corrected chi connectivity index (χ1v) is 12.8. The van der Waals surface area contributed by atoms with E-state index in [2.05, 4.69) is 22.1 Å². The summed E-state index contributed by atoms with van der Waals surface area (Å²) < 4.78 is 6.98. The summed E-state index contributed by atoms with van der Waals surface area (Å²) in [6, 6.07) is 13.5. The predicted molar refractivity (Wildman–Crippen MR) is 146 cm³/mol. The highest BCUT2D eigenvalue weighted by Crippen LogP contribution is 2.44. The summed E-state index contributed by atoms with van der Waals surface area (Å²) in [5.74, 6) is -1.04. The van der Waals surface area contributed by atoms with Crippen LogP contribution in [-0.4, -0.2) is 31.6 Å². The van der Waals surface area contributed by atoms with E-state index in [0.717, 1.165) is 54.2 Å². The number of rotatable bonds is 5. The number of nitrogens with zero attached hydrogens (tertiary/aromatic N) is 2. The second-order valence-electron chi connectivity index (χ2n) is 9.92. The van der Waals surface area contributed by atoms with Crippen LogP contribution in [0.25, 0.3) is 42.9 Å². The molecule has 0 bridgehead atoms. The van der Waals surface area contributed by atoms with Crippen molar-refractivity contribution in [3.63, 3.8) is 0 Å². The van der Waals surface area contributed by atoms with Crippen LogP contribution in [0.3, 0.4) is 0 Å². The highest BCUT2D eigenvalue weighted by Gasteiger charge is 2.32. The summed E-state index contributed by atoms with van der Waals surface area (Å²) in [7, 11) is 0. The van der Waals surface area contributed by atoms with Crippen molar-refractivity contribution in [2.75, 3.05) is 0 Å². The number of halogens is 1.